The van der Waals surface area contributed by atoms with Crippen molar-refractivity contribution in [2.24, 2.45) is 0 Å². The zero-order valence-corrected chi connectivity index (χ0v) is 12.2. The Hall–Kier alpha value is -1.96. The lowest BCUT2D eigenvalue weighted by Crippen LogP contribution is -2.04. The van der Waals surface area contributed by atoms with Gasteiger partial charge in [0.25, 0.3) is 0 Å². The Morgan fingerprint density at radius 2 is 1.67 bits per heavy atom. The summed E-state index contributed by atoms with van der Waals surface area (Å²) in [4.78, 5) is 8.40. The second-order valence-electron chi connectivity index (χ2n) is 4.03. The van der Waals surface area contributed by atoms with Gasteiger partial charge in [0.15, 0.2) is 22.6 Å². The van der Waals surface area contributed by atoms with Crippen molar-refractivity contribution in [3.8, 4) is 0 Å². The molecule has 0 unspecified atom stereocenters. The summed E-state index contributed by atoms with van der Waals surface area (Å²) in [7, 11) is 0. The Morgan fingerprint density at radius 3 is 2.24 bits per heavy atom. The minimum absolute atomic E-state index is 0.0691. The number of hydrogen-bond acceptors (Lipinski definition) is 5. The lowest BCUT2D eigenvalue weighted by atomic mass is 10.3. The van der Waals surface area contributed by atoms with Gasteiger partial charge in [0.05, 0.1) is 0 Å². The lowest BCUT2D eigenvalue weighted by molar-refractivity contribution is 0.448. The number of thioether (sulfide) groups is 1. The van der Waals surface area contributed by atoms with Crippen molar-refractivity contribution < 1.29 is 13.2 Å². The lowest BCUT2D eigenvalue weighted by Gasteiger charge is -2.10. The van der Waals surface area contributed by atoms with Gasteiger partial charge >= 0.3 is 0 Å². The Labute approximate surface area is 124 Å². The fraction of sp³-hybridized carbons (Fsp3) is 0.231. The van der Waals surface area contributed by atoms with E-state index in [9.17, 15) is 13.2 Å². The average molecular weight is 314 g/mol. The van der Waals surface area contributed by atoms with Crippen LogP contribution in [0, 0.1) is 17.5 Å². The summed E-state index contributed by atoms with van der Waals surface area (Å²) in [6.45, 7) is 2.59. The first-order valence-corrected chi connectivity index (χ1v) is 7.34. The van der Waals surface area contributed by atoms with Gasteiger partial charge < -0.3 is 10.6 Å². The van der Waals surface area contributed by atoms with Crippen molar-refractivity contribution in [1.82, 2.24) is 9.97 Å². The molecular weight excluding hydrogens is 301 g/mol. The zero-order chi connectivity index (χ0) is 15.4. The minimum Gasteiger partial charge on any atom is -0.370 e. The molecule has 0 aliphatic carbocycles. The predicted molar refractivity (Wildman–Crippen MR) is 77.6 cm³/mol. The molecule has 21 heavy (non-hydrogen) atoms. The molecule has 1 heterocycles. The topological polar surface area (TPSA) is 49.8 Å². The fourth-order valence-electron chi connectivity index (χ4n) is 1.63. The number of aromatic nitrogens is 2. The second kappa shape index (κ2) is 6.66. The van der Waals surface area contributed by atoms with Crippen molar-refractivity contribution in [2.75, 3.05) is 23.4 Å². The van der Waals surface area contributed by atoms with Crippen LogP contribution in [0.15, 0.2) is 23.4 Å². The Kier molecular flexibility index (Phi) is 4.89. The smallest absolute Gasteiger partial charge is 0.194 e. The molecule has 0 radical (unpaired) electrons. The summed E-state index contributed by atoms with van der Waals surface area (Å²) in [5.74, 6) is -3.08. The molecule has 1 aromatic carbocycles. The zero-order valence-electron chi connectivity index (χ0n) is 11.4. The first-order valence-electron chi connectivity index (χ1n) is 6.12. The number of rotatable bonds is 5. The van der Waals surface area contributed by atoms with Crippen LogP contribution >= 0.6 is 11.8 Å². The van der Waals surface area contributed by atoms with Crippen LogP contribution in [0.2, 0.25) is 0 Å². The van der Waals surface area contributed by atoms with Gasteiger partial charge in [-0.15, -0.1) is 0 Å². The maximum atomic E-state index is 13.2. The standard InChI is InChI=1S/C13H13F3N4S/c1-3-17-10-6-11(20-13(19-10)21-2)18-7-4-8(14)12(16)9(15)5-7/h4-6H,3H2,1-2H3,(H2,17,18,19,20). The summed E-state index contributed by atoms with van der Waals surface area (Å²) in [5, 5.41) is 6.26. The van der Waals surface area contributed by atoms with Crippen molar-refractivity contribution in [3.05, 3.63) is 35.7 Å². The maximum absolute atomic E-state index is 13.2. The number of hydrogen-bond donors (Lipinski definition) is 2. The van der Waals surface area contributed by atoms with E-state index in [0.717, 1.165) is 12.1 Å². The molecule has 2 aromatic rings. The van der Waals surface area contributed by atoms with Crippen molar-refractivity contribution in [1.29, 1.82) is 0 Å². The average Bonchev–Trinajstić information content (AvgIpc) is 2.44. The minimum atomic E-state index is -1.50. The summed E-state index contributed by atoms with van der Waals surface area (Å²) < 4.78 is 39.3. The van der Waals surface area contributed by atoms with E-state index in [4.69, 9.17) is 0 Å². The van der Waals surface area contributed by atoms with E-state index < -0.39 is 17.5 Å². The molecule has 0 spiro atoms. The van der Waals surface area contributed by atoms with Gasteiger partial charge in [-0.3, -0.25) is 0 Å². The summed E-state index contributed by atoms with van der Waals surface area (Å²) in [6.07, 6.45) is 1.81. The van der Waals surface area contributed by atoms with Gasteiger partial charge in [0, 0.05) is 30.4 Å². The molecule has 2 rings (SSSR count). The molecule has 8 heteroatoms. The molecule has 0 atom stereocenters. The van der Waals surface area contributed by atoms with Crippen LogP contribution in [0.1, 0.15) is 6.92 Å². The summed E-state index contributed by atoms with van der Waals surface area (Å²) in [6, 6.07) is 3.33. The molecule has 4 nitrogen and oxygen atoms in total. The Bertz CT molecular complexity index is 628. The number of anilines is 3. The van der Waals surface area contributed by atoms with Crippen molar-refractivity contribution in [2.45, 2.75) is 12.1 Å². The number of nitrogens with zero attached hydrogens (tertiary/aromatic N) is 2. The molecule has 0 saturated carbocycles. The van der Waals surface area contributed by atoms with E-state index in [2.05, 4.69) is 20.6 Å². The molecule has 1 aromatic heterocycles. The summed E-state index contributed by atoms with van der Waals surface area (Å²) >= 11 is 1.33. The van der Waals surface area contributed by atoms with Crippen LogP contribution in [0.3, 0.4) is 0 Å². The molecule has 0 saturated heterocycles. The van der Waals surface area contributed by atoms with E-state index >= 15 is 0 Å². The van der Waals surface area contributed by atoms with Gasteiger partial charge in [-0.25, -0.2) is 23.1 Å². The Morgan fingerprint density at radius 1 is 1.05 bits per heavy atom. The third-order valence-corrected chi connectivity index (χ3v) is 3.05. The van der Waals surface area contributed by atoms with E-state index in [-0.39, 0.29) is 5.69 Å². The van der Waals surface area contributed by atoms with E-state index in [1.807, 2.05) is 13.2 Å². The van der Waals surface area contributed by atoms with Gasteiger partial charge in [-0.05, 0) is 13.2 Å². The quantitative estimate of drug-likeness (QED) is 0.499. The van der Waals surface area contributed by atoms with Crippen LogP contribution in [0.5, 0.6) is 0 Å². The van der Waals surface area contributed by atoms with E-state index in [1.54, 1.807) is 6.07 Å². The monoisotopic (exact) mass is 314 g/mol. The first-order chi connectivity index (χ1) is 10.0. The molecule has 0 amide bonds. The predicted octanol–water partition coefficient (Wildman–Crippen LogP) is 3.79. The third kappa shape index (κ3) is 3.78. The van der Waals surface area contributed by atoms with Gasteiger partial charge in [-0.1, -0.05) is 11.8 Å². The van der Waals surface area contributed by atoms with Crippen LogP contribution in [-0.4, -0.2) is 22.8 Å². The number of nitrogens with one attached hydrogen (secondary N) is 2. The first kappa shape index (κ1) is 15.4. The molecule has 0 fully saturated rings. The molecular formula is C13H13F3N4S. The van der Waals surface area contributed by atoms with Crippen LogP contribution in [0.4, 0.5) is 30.5 Å². The molecule has 112 valence electrons. The Balaban J connectivity index is 2.32. The van der Waals surface area contributed by atoms with Gasteiger partial charge in [0.2, 0.25) is 0 Å². The highest BCUT2D eigenvalue weighted by atomic mass is 32.2. The highest BCUT2D eigenvalue weighted by Crippen LogP contribution is 2.23. The number of halogens is 3. The molecule has 0 bridgehead atoms. The molecule has 2 N–H and O–H groups in total. The van der Waals surface area contributed by atoms with Crippen molar-refractivity contribution >= 4 is 29.1 Å². The highest BCUT2D eigenvalue weighted by Gasteiger charge is 2.11. The SMILES string of the molecule is CCNc1cc(Nc2cc(F)c(F)c(F)c2)nc(SC)n1. The maximum Gasteiger partial charge on any atom is 0.194 e. The third-order valence-electron chi connectivity index (χ3n) is 2.50. The fourth-order valence-corrected chi connectivity index (χ4v) is 2.01. The number of benzene rings is 1. The van der Waals surface area contributed by atoms with Crippen LogP contribution in [-0.2, 0) is 0 Å². The highest BCUT2D eigenvalue weighted by molar-refractivity contribution is 7.98. The van der Waals surface area contributed by atoms with Crippen molar-refractivity contribution in [3.63, 3.8) is 0 Å². The normalized spacial score (nSPS) is 10.5. The van der Waals surface area contributed by atoms with E-state index in [1.165, 1.54) is 11.8 Å². The summed E-state index contributed by atoms with van der Waals surface area (Å²) in [5.41, 5.74) is 0.0691. The van der Waals surface area contributed by atoms with E-state index in [0.29, 0.717) is 23.3 Å². The van der Waals surface area contributed by atoms with Gasteiger partial charge in [-0.2, -0.15) is 0 Å². The largest absolute Gasteiger partial charge is 0.370 e. The molecule has 0 aliphatic heterocycles. The van der Waals surface area contributed by atoms with Crippen LogP contribution in [0.25, 0.3) is 0 Å². The van der Waals surface area contributed by atoms with Gasteiger partial charge in [0.1, 0.15) is 11.6 Å². The van der Waals surface area contributed by atoms with Crippen LogP contribution < -0.4 is 10.6 Å². The second-order valence-corrected chi connectivity index (χ2v) is 4.81. The molecule has 0 aliphatic rings.